The minimum Gasteiger partial charge on any atom is -0.291 e. The number of aromatic nitrogens is 1. The first-order valence-electron chi connectivity index (χ1n) is 7.77. The van der Waals surface area contributed by atoms with Crippen LogP contribution in [0.4, 0.5) is 24.0 Å². The van der Waals surface area contributed by atoms with Gasteiger partial charge in [-0.1, -0.05) is 23.5 Å². The number of nitro groups is 1. The lowest BCUT2D eigenvalue weighted by molar-refractivity contribution is -0.388. The molecule has 0 N–H and O–H groups in total. The van der Waals surface area contributed by atoms with Gasteiger partial charge in [0.05, 0.1) is 31.4 Å². The third kappa shape index (κ3) is 4.25. The molecule has 1 amide bonds. The molecule has 11 heteroatoms. The van der Waals surface area contributed by atoms with Crippen molar-refractivity contribution >= 4 is 50.0 Å². The third-order valence-electron chi connectivity index (χ3n) is 3.78. The summed E-state index contributed by atoms with van der Waals surface area (Å²) in [7, 11) is 1.53. The molecule has 146 valence electrons. The molecule has 0 aliphatic heterocycles. The summed E-state index contributed by atoms with van der Waals surface area (Å²) in [4.78, 5) is 28.3. The van der Waals surface area contributed by atoms with Crippen LogP contribution in [0.5, 0.6) is 0 Å². The van der Waals surface area contributed by atoms with Crippen LogP contribution in [0.2, 0.25) is 0 Å². The highest BCUT2D eigenvalue weighted by molar-refractivity contribution is 8.00. The molecule has 28 heavy (non-hydrogen) atoms. The summed E-state index contributed by atoms with van der Waals surface area (Å²) in [5.74, 6) is -0.559. The van der Waals surface area contributed by atoms with Crippen LogP contribution in [0.3, 0.4) is 0 Å². The van der Waals surface area contributed by atoms with E-state index in [1.165, 1.54) is 23.3 Å². The van der Waals surface area contributed by atoms with Crippen LogP contribution >= 0.6 is 23.1 Å². The molecule has 0 radical (unpaired) electrons. The van der Waals surface area contributed by atoms with E-state index in [1.807, 2.05) is 24.3 Å². The first-order valence-corrected chi connectivity index (χ1v) is 9.57. The number of benzene rings is 2. The van der Waals surface area contributed by atoms with Gasteiger partial charge in [0, 0.05) is 13.1 Å². The van der Waals surface area contributed by atoms with Gasteiger partial charge in [0.15, 0.2) is 5.13 Å². The van der Waals surface area contributed by atoms with Crippen LogP contribution in [0, 0.1) is 10.1 Å². The number of hydrogen-bond donors (Lipinski definition) is 0. The molecule has 1 aromatic heterocycles. The predicted octanol–water partition coefficient (Wildman–Crippen LogP) is 4.98. The maximum Gasteiger partial charge on any atom is 0.416 e. The Morgan fingerprint density at radius 3 is 2.64 bits per heavy atom. The molecule has 0 fully saturated rings. The third-order valence-corrected chi connectivity index (χ3v) is 5.94. The molecule has 3 aromatic rings. The Labute approximate surface area is 165 Å². The highest BCUT2D eigenvalue weighted by Crippen LogP contribution is 2.37. The molecule has 0 unspecified atom stereocenters. The van der Waals surface area contributed by atoms with E-state index in [0.717, 1.165) is 34.1 Å². The number of halogens is 3. The first-order chi connectivity index (χ1) is 13.2. The summed E-state index contributed by atoms with van der Waals surface area (Å²) in [6.45, 7) is 0. The maximum absolute atomic E-state index is 12.8. The van der Waals surface area contributed by atoms with Crippen LogP contribution in [0.25, 0.3) is 10.2 Å². The van der Waals surface area contributed by atoms with Crippen molar-refractivity contribution in [3.63, 3.8) is 0 Å². The molecule has 0 saturated carbocycles. The van der Waals surface area contributed by atoms with Crippen molar-refractivity contribution in [1.82, 2.24) is 4.98 Å². The Kier molecular flexibility index (Phi) is 5.57. The molecule has 3 rings (SSSR count). The SMILES string of the molecule is CN(C(=O)CSc1ccc(C(F)(F)F)cc1[N+](=O)[O-])c1nc2ccccc2s1. The highest BCUT2D eigenvalue weighted by Gasteiger charge is 2.33. The summed E-state index contributed by atoms with van der Waals surface area (Å²) >= 11 is 2.13. The number of amides is 1. The van der Waals surface area contributed by atoms with E-state index in [2.05, 4.69) is 4.98 Å². The van der Waals surface area contributed by atoms with Crippen molar-refractivity contribution in [3.05, 3.63) is 58.1 Å². The van der Waals surface area contributed by atoms with Crippen molar-refractivity contribution < 1.29 is 22.9 Å². The number of rotatable bonds is 5. The number of carbonyl (C=O) groups excluding carboxylic acids is 1. The summed E-state index contributed by atoms with van der Waals surface area (Å²) in [6, 6.07) is 9.61. The molecule has 2 aromatic carbocycles. The Bertz CT molecular complexity index is 1020. The van der Waals surface area contributed by atoms with Gasteiger partial charge in [-0.05, 0) is 24.3 Å². The second kappa shape index (κ2) is 7.76. The van der Waals surface area contributed by atoms with E-state index in [4.69, 9.17) is 0 Å². The lowest BCUT2D eigenvalue weighted by Crippen LogP contribution is -2.27. The fourth-order valence-corrected chi connectivity index (χ4v) is 4.17. The standard InChI is InChI=1S/C17H12F3N3O3S2/c1-22(16-21-11-4-2-3-5-13(11)28-16)15(24)9-27-14-7-6-10(17(18,19)20)8-12(14)23(25)26/h2-8H,9H2,1H3. The number of thioether (sulfide) groups is 1. The minimum absolute atomic E-state index is 0.0101. The Morgan fingerprint density at radius 2 is 2.00 bits per heavy atom. The number of anilines is 1. The number of para-hydroxylation sites is 1. The molecule has 0 saturated heterocycles. The fraction of sp³-hybridized carbons (Fsp3) is 0.176. The van der Waals surface area contributed by atoms with Gasteiger partial charge in [-0.3, -0.25) is 19.8 Å². The average molecular weight is 427 g/mol. The molecule has 0 bridgehead atoms. The van der Waals surface area contributed by atoms with Crippen LogP contribution in [-0.4, -0.2) is 28.6 Å². The smallest absolute Gasteiger partial charge is 0.291 e. The molecule has 0 aliphatic carbocycles. The van der Waals surface area contributed by atoms with Gasteiger partial charge in [-0.15, -0.1) is 11.8 Å². The van der Waals surface area contributed by atoms with Gasteiger partial charge in [0.25, 0.3) is 5.69 Å². The molecule has 0 spiro atoms. The van der Waals surface area contributed by atoms with Gasteiger partial charge in [-0.25, -0.2) is 4.98 Å². The molecule has 0 aliphatic rings. The number of nitrogens with zero attached hydrogens (tertiary/aromatic N) is 3. The monoisotopic (exact) mass is 427 g/mol. The van der Waals surface area contributed by atoms with Gasteiger partial charge in [-0.2, -0.15) is 13.2 Å². The van der Waals surface area contributed by atoms with Gasteiger partial charge in [0.2, 0.25) is 5.91 Å². The zero-order valence-corrected chi connectivity index (χ0v) is 15.9. The van der Waals surface area contributed by atoms with Crippen molar-refractivity contribution in [1.29, 1.82) is 0 Å². The summed E-state index contributed by atoms with van der Waals surface area (Å²) in [5.41, 5.74) is -1.05. The topological polar surface area (TPSA) is 76.3 Å². The Morgan fingerprint density at radius 1 is 1.29 bits per heavy atom. The van der Waals surface area contributed by atoms with E-state index >= 15 is 0 Å². The van der Waals surface area contributed by atoms with Gasteiger partial charge < -0.3 is 0 Å². The number of hydrogen-bond acceptors (Lipinski definition) is 6. The lowest BCUT2D eigenvalue weighted by atomic mass is 10.2. The largest absolute Gasteiger partial charge is 0.416 e. The Hall–Kier alpha value is -2.66. The van der Waals surface area contributed by atoms with Crippen LogP contribution in [0.15, 0.2) is 47.4 Å². The number of fused-ring (bicyclic) bond motifs is 1. The van der Waals surface area contributed by atoms with Crippen molar-refractivity contribution in [2.75, 3.05) is 17.7 Å². The van der Waals surface area contributed by atoms with Crippen LogP contribution < -0.4 is 4.90 Å². The zero-order valence-electron chi connectivity index (χ0n) is 14.3. The number of nitro benzene ring substituents is 1. The first kappa shape index (κ1) is 20.1. The van der Waals surface area contributed by atoms with Crippen LogP contribution in [-0.2, 0) is 11.0 Å². The quantitative estimate of drug-likeness (QED) is 0.326. The van der Waals surface area contributed by atoms with E-state index in [0.29, 0.717) is 11.2 Å². The van der Waals surface area contributed by atoms with E-state index < -0.39 is 22.4 Å². The maximum atomic E-state index is 12.8. The summed E-state index contributed by atoms with van der Waals surface area (Å²) in [6.07, 6.45) is -4.68. The van der Waals surface area contributed by atoms with Crippen molar-refractivity contribution in [3.8, 4) is 0 Å². The Balaban J connectivity index is 1.75. The second-order valence-electron chi connectivity index (χ2n) is 5.64. The average Bonchev–Trinajstić information content (AvgIpc) is 3.08. The van der Waals surface area contributed by atoms with E-state index in [1.54, 1.807) is 0 Å². The molecular formula is C17H12F3N3O3S2. The summed E-state index contributed by atoms with van der Waals surface area (Å²) < 4.78 is 39.2. The second-order valence-corrected chi connectivity index (χ2v) is 7.67. The minimum atomic E-state index is -4.68. The van der Waals surface area contributed by atoms with E-state index in [-0.39, 0.29) is 16.6 Å². The van der Waals surface area contributed by atoms with E-state index in [9.17, 15) is 28.1 Å². The van der Waals surface area contributed by atoms with Gasteiger partial charge >= 0.3 is 6.18 Å². The number of carbonyl (C=O) groups is 1. The lowest BCUT2D eigenvalue weighted by Gasteiger charge is -2.13. The predicted molar refractivity (Wildman–Crippen MR) is 102 cm³/mol. The molecule has 6 nitrogen and oxygen atoms in total. The summed E-state index contributed by atoms with van der Waals surface area (Å²) in [5, 5.41) is 11.6. The molecule has 1 heterocycles. The number of thiazole rings is 1. The number of alkyl halides is 3. The molecule has 0 atom stereocenters. The normalized spacial score (nSPS) is 11.6. The zero-order chi connectivity index (χ0) is 20.5. The van der Waals surface area contributed by atoms with Crippen LogP contribution in [0.1, 0.15) is 5.56 Å². The molecular weight excluding hydrogens is 415 g/mol. The van der Waals surface area contributed by atoms with Crippen molar-refractivity contribution in [2.24, 2.45) is 0 Å². The van der Waals surface area contributed by atoms with Crippen molar-refractivity contribution in [2.45, 2.75) is 11.1 Å². The fourth-order valence-electron chi connectivity index (χ4n) is 2.30. The highest BCUT2D eigenvalue weighted by atomic mass is 32.2. The van der Waals surface area contributed by atoms with Gasteiger partial charge in [0.1, 0.15) is 0 Å².